The molecular formula is C16H16ClN3. The third-order valence-electron chi connectivity index (χ3n) is 3.42. The summed E-state index contributed by atoms with van der Waals surface area (Å²) in [5.74, 6) is 0. The Labute approximate surface area is 123 Å². The van der Waals surface area contributed by atoms with Gasteiger partial charge in [-0.3, -0.25) is 4.98 Å². The van der Waals surface area contributed by atoms with Crippen molar-refractivity contribution in [2.45, 2.75) is 20.4 Å². The minimum atomic E-state index is 0.748. The van der Waals surface area contributed by atoms with Crippen LogP contribution in [0.5, 0.6) is 0 Å². The van der Waals surface area contributed by atoms with Crippen LogP contribution in [-0.4, -0.2) is 9.97 Å². The van der Waals surface area contributed by atoms with Crippen molar-refractivity contribution in [1.29, 1.82) is 0 Å². The molecule has 0 saturated carbocycles. The highest BCUT2D eigenvalue weighted by Crippen LogP contribution is 2.23. The van der Waals surface area contributed by atoms with Crippen molar-refractivity contribution in [3.8, 4) is 0 Å². The molecule has 0 unspecified atom stereocenters. The fraction of sp³-hybridized carbons (Fsp3) is 0.188. The van der Waals surface area contributed by atoms with Crippen LogP contribution in [0.1, 0.15) is 17.0 Å². The summed E-state index contributed by atoms with van der Waals surface area (Å²) in [4.78, 5) is 7.71. The van der Waals surface area contributed by atoms with E-state index in [0.29, 0.717) is 0 Å². The monoisotopic (exact) mass is 285 g/mol. The lowest BCUT2D eigenvalue weighted by molar-refractivity contribution is 1.08. The van der Waals surface area contributed by atoms with Gasteiger partial charge in [-0.1, -0.05) is 17.7 Å². The predicted octanol–water partition coefficient (Wildman–Crippen LogP) is 4.45. The molecule has 102 valence electrons. The summed E-state index contributed by atoms with van der Waals surface area (Å²) in [5.41, 5.74) is 5.41. The average Bonchev–Trinajstić information content (AvgIpc) is 2.80. The van der Waals surface area contributed by atoms with Gasteiger partial charge in [-0.25, -0.2) is 0 Å². The number of pyridine rings is 1. The molecule has 0 aliphatic heterocycles. The minimum absolute atomic E-state index is 0.748. The summed E-state index contributed by atoms with van der Waals surface area (Å²) in [5, 5.41) is 5.38. The van der Waals surface area contributed by atoms with Crippen molar-refractivity contribution in [3.63, 3.8) is 0 Å². The largest absolute Gasteiger partial charge is 0.379 e. The van der Waals surface area contributed by atoms with E-state index in [0.717, 1.165) is 34.2 Å². The Balaban J connectivity index is 1.83. The molecule has 2 aromatic heterocycles. The van der Waals surface area contributed by atoms with Crippen LogP contribution >= 0.6 is 11.6 Å². The molecule has 0 amide bonds. The third kappa shape index (κ3) is 2.49. The van der Waals surface area contributed by atoms with Gasteiger partial charge in [-0.15, -0.1) is 0 Å². The van der Waals surface area contributed by atoms with Crippen LogP contribution in [0, 0.1) is 13.8 Å². The van der Waals surface area contributed by atoms with Crippen LogP contribution < -0.4 is 5.32 Å². The second-order valence-electron chi connectivity index (χ2n) is 4.94. The first-order valence-electron chi connectivity index (χ1n) is 6.57. The van der Waals surface area contributed by atoms with E-state index in [9.17, 15) is 0 Å². The van der Waals surface area contributed by atoms with E-state index in [1.807, 2.05) is 44.3 Å². The molecule has 3 aromatic rings. The number of nitrogens with zero attached hydrogens (tertiary/aromatic N) is 1. The Morgan fingerprint density at radius 2 is 2.05 bits per heavy atom. The van der Waals surface area contributed by atoms with Gasteiger partial charge in [-0.2, -0.15) is 0 Å². The number of H-pyrrole nitrogens is 1. The number of anilines is 1. The molecule has 3 rings (SSSR count). The summed E-state index contributed by atoms with van der Waals surface area (Å²) in [6.45, 7) is 4.78. The van der Waals surface area contributed by atoms with Gasteiger partial charge in [0.15, 0.2) is 0 Å². The molecule has 0 bridgehead atoms. The zero-order chi connectivity index (χ0) is 14.1. The highest BCUT2D eigenvalue weighted by Gasteiger charge is 2.05. The van der Waals surface area contributed by atoms with E-state index in [4.69, 9.17) is 11.6 Å². The van der Waals surface area contributed by atoms with Crippen molar-refractivity contribution < 1.29 is 0 Å². The van der Waals surface area contributed by atoms with Crippen molar-refractivity contribution in [3.05, 3.63) is 58.5 Å². The van der Waals surface area contributed by atoms with Crippen molar-refractivity contribution >= 4 is 28.2 Å². The fourth-order valence-corrected chi connectivity index (χ4v) is 2.54. The van der Waals surface area contributed by atoms with Gasteiger partial charge < -0.3 is 10.3 Å². The van der Waals surface area contributed by atoms with E-state index in [1.165, 1.54) is 10.9 Å². The highest BCUT2D eigenvalue weighted by molar-refractivity contribution is 6.31. The number of aromatic nitrogens is 2. The van der Waals surface area contributed by atoms with E-state index in [-0.39, 0.29) is 0 Å². The zero-order valence-corrected chi connectivity index (χ0v) is 12.3. The lowest BCUT2D eigenvalue weighted by Gasteiger charge is -2.09. The van der Waals surface area contributed by atoms with Crippen LogP contribution in [0.15, 0.2) is 36.5 Å². The van der Waals surface area contributed by atoms with Gasteiger partial charge in [0.25, 0.3) is 0 Å². The smallest absolute Gasteiger partial charge is 0.0606 e. The second kappa shape index (κ2) is 5.17. The summed E-state index contributed by atoms with van der Waals surface area (Å²) in [6, 6.07) is 10.00. The second-order valence-corrected chi connectivity index (χ2v) is 5.38. The lowest BCUT2D eigenvalue weighted by atomic mass is 10.1. The Morgan fingerprint density at radius 1 is 1.20 bits per heavy atom. The van der Waals surface area contributed by atoms with Gasteiger partial charge in [0, 0.05) is 34.4 Å². The topological polar surface area (TPSA) is 40.7 Å². The van der Waals surface area contributed by atoms with E-state index < -0.39 is 0 Å². The molecule has 3 nitrogen and oxygen atoms in total. The molecule has 20 heavy (non-hydrogen) atoms. The summed E-state index contributed by atoms with van der Waals surface area (Å²) in [6.07, 6.45) is 2.02. The van der Waals surface area contributed by atoms with Crippen molar-refractivity contribution in [2.24, 2.45) is 0 Å². The number of nitrogens with one attached hydrogen (secondary N) is 2. The van der Waals surface area contributed by atoms with Crippen LogP contribution in [0.3, 0.4) is 0 Å². The summed E-state index contributed by atoms with van der Waals surface area (Å²) < 4.78 is 0. The number of hydrogen-bond donors (Lipinski definition) is 2. The number of halogens is 1. The minimum Gasteiger partial charge on any atom is -0.379 e. The van der Waals surface area contributed by atoms with Crippen molar-refractivity contribution in [1.82, 2.24) is 9.97 Å². The van der Waals surface area contributed by atoms with Crippen LogP contribution in [-0.2, 0) is 6.54 Å². The van der Waals surface area contributed by atoms with Crippen molar-refractivity contribution in [2.75, 3.05) is 5.32 Å². The molecular weight excluding hydrogens is 270 g/mol. The SMILES string of the molecule is Cc1ccc(NCc2c[nH]c3cc(Cl)ccc23)c(C)n1. The maximum absolute atomic E-state index is 5.99. The first-order valence-corrected chi connectivity index (χ1v) is 6.95. The van der Waals surface area contributed by atoms with Crippen LogP contribution in [0.2, 0.25) is 5.02 Å². The molecule has 2 heterocycles. The molecule has 0 spiro atoms. The van der Waals surface area contributed by atoms with Gasteiger partial charge in [0.1, 0.15) is 0 Å². The van der Waals surface area contributed by atoms with Gasteiger partial charge in [0.2, 0.25) is 0 Å². The Kier molecular flexibility index (Phi) is 3.36. The number of aromatic amines is 1. The molecule has 2 N–H and O–H groups in total. The number of aryl methyl sites for hydroxylation is 2. The number of rotatable bonds is 3. The number of benzene rings is 1. The Hall–Kier alpha value is -2.00. The molecule has 0 aliphatic rings. The van der Waals surface area contributed by atoms with Crippen LogP contribution in [0.25, 0.3) is 10.9 Å². The first-order chi connectivity index (χ1) is 9.63. The van der Waals surface area contributed by atoms with E-state index in [1.54, 1.807) is 0 Å². The van der Waals surface area contributed by atoms with E-state index in [2.05, 4.69) is 21.4 Å². The van der Waals surface area contributed by atoms with Gasteiger partial charge in [0.05, 0.1) is 11.4 Å². The zero-order valence-electron chi connectivity index (χ0n) is 11.5. The maximum atomic E-state index is 5.99. The molecule has 4 heteroatoms. The van der Waals surface area contributed by atoms with Gasteiger partial charge >= 0.3 is 0 Å². The molecule has 0 aliphatic carbocycles. The predicted molar refractivity (Wildman–Crippen MR) is 84.3 cm³/mol. The molecule has 0 fully saturated rings. The molecule has 0 radical (unpaired) electrons. The summed E-state index contributed by atoms with van der Waals surface area (Å²) >= 11 is 5.99. The lowest BCUT2D eigenvalue weighted by Crippen LogP contribution is -2.02. The fourth-order valence-electron chi connectivity index (χ4n) is 2.37. The van der Waals surface area contributed by atoms with Gasteiger partial charge in [-0.05, 0) is 43.7 Å². The Bertz CT molecular complexity index is 762. The normalized spacial score (nSPS) is 10.9. The van der Waals surface area contributed by atoms with Crippen LogP contribution in [0.4, 0.5) is 5.69 Å². The quantitative estimate of drug-likeness (QED) is 0.746. The molecule has 1 aromatic carbocycles. The third-order valence-corrected chi connectivity index (χ3v) is 3.66. The highest BCUT2D eigenvalue weighted by atomic mass is 35.5. The Morgan fingerprint density at radius 3 is 2.85 bits per heavy atom. The molecule has 0 atom stereocenters. The summed E-state index contributed by atoms with van der Waals surface area (Å²) in [7, 11) is 0. The maximum Gasteiger partial charge on any atom is 0.0606 e. The van der Waals surface area contributed by atoms with E-state index >= 15 is 0 Å². The standard InChI is InChI=1S/C16H16ClN3/c1-10-3-6-15(11(2)20-10)18-8-12-9-19-16-7-13(17)4-5-14(12)16/h3-7,9,18-19H,8H2,1-2H3. The number of hydrogen-bond acceptors (Lipinski definition) is 2. The number of fused-ring (bicyclic) bond motifs is 1. The molecule has 0 saturated heterocycles. The first kappa shape index (κ1) is 13.0. The average molecular weight is 286 g/mol.